The van der Waals surface area contributed by atoms with E-state index >= 15 is 0 Å². The third-order valence-corrected chi connectivity index (χ3v) is 3.51. The van der Waals surface area contributed by atoms with Crippen LogP contribution in [0.15, 0.2) is 29.2 Å². The topological polar surface area (TPSA) is 55.4 Å². The maximum atomic E-state index is 11.7. The van der Waals surface area contributed by atoms with Crippen molar-refractivity contribution in [2.75, 3.05) is 12.9 Å². The molecule has 1 atom stereocenters. The number of amides is 1. The van der Waals surface area contributed by atoms with E-state index in [0.29, 0.717) is 5.75 Å². The summed E-state index contributed by atoms with van der Waals surface area (Å²) in [6.45, 7) is 3.81. The highest BCUT2D eigenvalue weighted by atomic mass is 32.2. The number of benzene rings is 1. The quantitative estimate of drug-likeness (QED) is 0.641. The average molecular weight is 281 g/mol. The molecule has 0 aromatic heterocycles. The van der Waals surface area contributed by atoms with Crippen LogP contribution in [0.4, 0.5) is 0 Å². The van der Waals surface area contributed by atoms with Crippen molar-refractivity contribution in [3.63, 3.8) is 0 Å². The first kappa shape index (κ1) is 15.6. The molecule has 0 heterocycles. The van der Waals surface area contributed by atoms with Crippen LogP contribution in [0.3, 0.4) is 0 Å². The Morgan fingerprint density at radius 1 is 1.32 bits per heavy atom. The Labute approximate surface area is 117 Å². The van der Waals surface area contributed by atoms with E-state index in [1.54, 1.807) is 6.92 Å². The van der Waals surface area contributed by atoms with E-state index in [1.165, 1.54) is 24.4 Å². The molecule has 1 amide bonds. The van der Waals surface area contributed by atoms with E-state index in [9.17, 15) is 9.59 Å². The Hall–Kier alpha value is -1.49. The van der Waals surface area contributed by atoms with E-state index in [-0.39, 0.29) is 24.3 Å². The van der Waals surface area contributed by atoms with E-state index < -0.39 is 0 Å². The zero-order chi connectivity index (χ0) is 14.3. The Bertz CT molecular complexity index is 431. The van der Waals surface area contributed by atoms with Crippen LogP contribution >= 0.6 is 11.8 Å². The molecule has 0 spiro atoms. The van der Waals surface area contributed by atoms with Gasteiger partial charge in [0, 0.05) is 10.9 Å². The molecule has 0 fully saturated rings. The Kier molecular flexibility index (Phi) is 6.42. The van der Waals surface area contributed by atoms with Gasteiger partial charge in [-0.25, -0.2) is 0 Å². The molecule has 0 aliphatic rings. The van der Waals surface area contributed by atoms with E-state index in [2.05, 4.69) is 10.1 Å². The molecule has 1 unspecified atom stereocenters. The van der Waals surface area contributed by atoms with Gasteiger partial charge in [-0.2, -0.15) is 0 Å². The summed E-state index contributed by atoms with van der Waals surface area (Å²) in [5.41, 5.74) is 1.19. The van der Waals surface area contributed by atoms with Crippen molar-refractivity contribution in [1.29, 1.82) is 0 Å². The van der Waals surface area contributed by atoms with Crippen molar-refractivity contribution in [1.82, 2.24) is 5.32 Å². The third kappa shape index (κ3) is 6.29. The number of carbonyl (C=O) groups is 2. The molecule has 0 bridgehead atoms. The van der Waals surface area contributed by atoms with Crippen molar-refractivity contribution in [2.45, 2.75) is 31.2 Å². The van der Waals surface area contributed by atoms with Crippen LogP contribution in [0.1, 0.15) is 18.9 Å². The molecule has 4 nitrogen and oxygen atoms in total. The standard InChI is InChI=1S/C14H19NO3S/c1-10-4-6-12(7-5-10)19-9-13(16)15-11(2)8-14(17)18-3/h4-7,11H,8-9H2,1-3H3,(H,15,16). The second kappa shape index (κ2) is 7.84. The largest absolute Gasteiger partial charge is 0.469 e. The molecule has 104 valence electrons. The highest BCUT2D eigenvalue weighted by Crippen LogP contribution is 2.17. The fourth-order valence-corrected chi connectivity index (χ4v) is 2.19. The first-order valence-corrected chi connectivity index (χ1v) is 7.05. The van der Waals surface area contributed by atoms with Gasteiger partial charge in [-0.1, -0.05) is 17.7 Å². The monoisotopic (exact) mass is 281 g/mol. The van der Waals surface area contributed by atoms with Crippen LogP contribution in [-0.4, -0.2) is 30.8 Å². The SMILES string of the molecule is COC(=O)CC(C)NC(=O)CSc1ccc(C)cc1. The predicted molar refractivity (Wildman–Crippen MR) is 76.1 cm³/mol. The van der Waals surface area contributed by atoms with Crippen molar-refractivity contribution in [2.24, 2.45) is 0 Å². The molecule has 0 aliphatic carbocycles. The minimum absolute atomic E-state index is 0.0815. The zero-order valence-electron chi connectivity index (χ0n) is 11.4. The maximum Gasteiger partial charge on any atom is 0.307 e. The Balaban J connectivity index is 2.31. The van der Waals surface area contributed by atoms with Crippen LogP contribution in [0.25, 0.3) is 0 Å². The molecule has 1 aromatic carbocycles. The molecule has 0 saturated heterocycles. The number of hydrogen-bond acceptors (Lipinski definition) is 4. The van der Waals surface area contributed by atoms with Crippen LogP contribution in [0.5, 0.6) is 0 Å². The van der Waals surface area contributed by atoms with Gasteiger partial charge in [0.1, 0.15) is 0 Å². The lowest BCUT2D eigenvalue weighted by atomic mass is 10.2. The lowest BCUT2D eigenvalue weighted by Gasteiger charge is -2.12. The van der Waals surface area contributed by atoms with Gasteiger partial charge < -0.3 is 10.1 Å². The van der Waals surface area contributed by atoms with Crippen LogP contribution in [0.2, 0.25) is 0 Å². The fourth-order valence-electron chi connectivity index (χ4n) is 1.48. The summed E-state index contributed by atoms with van der Waals surface area (Å²) in [6.07, 6.45) is 0.192. The first-order chi connectivity index (χ1) is 9.01. The summed E-state index contributed by atoms with van der Waals surface area (Å²) >= 11 is 1.48. The molecule has 0 saturated carbocycles. The van der Waals surface area contributed by atoms with Crippen molar-refractivity contribution < 1.29 is 14.3 Å². The smallest absolute Gasteiger partial charge is 0.307 e. The number of ether oxygens (including phenoxy) is 1. The van der Waals surface area contributed by atoms with Crippen molar-refractivity contribution >= 4 is 23.6 Å². The number of thioether (sulfide) groups is 1. The number of carbonyl (C=O) groups excluding carboxylic acids is 2. The van der Waals surface area contributed by atoms with Gasteiger partial charge in [0.15, 0.2) is 0 Å². The summed E-state index contributed by atoms with van der Waals surface area (Å²) in [7, 11) is 1.34. The molecular weight excluding hydrogens is 262 g/mol. The van der Waals surface area contributed by atoms with Gasteiger partial charge in [0.2, 0.25) is 5.91 Å². The molecule has 19 heavy (non-hydrogen) atoms. The van der Waals surface area contributed by atoms with Crippen LogP contribution in [0, 0.1) is 6.92 Å². The highest BCUT2D eigenvalue weighted by Gasteiger charge is 2.12. The highest BCUT2D eigenvalue weighted by molar-refractivity contribution is 8.00. The predicted octanol–water partition coefficient (Wildman–Crippen LogP) is 2.15. The molecule has 0 radical (unpaired) electrons. The third-order valence-electron chi connectivity index (χ3n) is 2.50. The number of aryl methyl sites for hydroxylation is 1. The normalized spacial score (nSPS) is 11.7. The Morgan fingerprint density at radius 3 is 2.53 bits per heavy atom. The summed E-state index contributed by atoms with van der Waals surface area (Å²) in [5, 5.41) is 2.77. The van der Waals surface area contributed by atoms with Crippen molar-refractivity contribution in [3.8, 4) is 0 Å². The molecular formula is C14H19NO3S. The van der Waals surface area contributed by atoms with Gasteiger partial charge in [-0.05, 0) is 26.0 Å². The van der Waals surface area contributed by atoms with Crippen LogP contribution in [-0.2, 0) is 14.3 Å². The maximum absolute atomic E-state index is 11.7. The van der Waals surface area contributed by atoms with Crippen LogP contribution < -0.4 is 5.32 Å². The summed E-state index contributed by atoms with van der Waals surface area (Å²) in [5.74, 6) is -0.0600. The first-order valence-electron chi connectivity index (χ1n) is 6.07. The van der Waals surface area contributed by atoms with E-state index in [1.807, 2.05) is 31.2 Å². The second-order valence-corrected chi connectivity index (χ2v) is 5.40. The van der Waals surface area contributed by atoms with E-state index in [0.717, 1.165) is 4.90 Å². The number of nitrogens with one attached hydrogen (secondary N) is 1. The van der Waals surface area contributed by atoms with Gasteiger partial charge in [0.05, 0.1) is 19.3 Å². The minimum Gasteiger partial charge on any atom is -0.469 e. The fraction of sp³-hybridized carbons (Fsp3) is 0.429. The minimum atomic E-state index is -0.320. The second-order valence-electron chi connectivity index (χ2n) is 4.35. The summed E-state index contributed by atoms with van der Waals surface area (Å²) in [6, 6.07) is 7.80. The van der Waals surface area contributed by atoms with Gasteiger partial charge in [-0.3, -0.25) is 9.59 Å². The molecule has 1 rings (SSSR count). The van der Waals surface area contributed by atoms with E-state index in [4.69, 9.17) is 0 Å². The summed E-state index contributed by atoms with van der Waals surface area (Å²) in [4.78, 5) is 23.8. The number of methoxy groups -OCH3 is 1. The zero-order valence-corrected chi connectivity index (χ0v) is 12.3. The Morgan fingerprint density at radius 2 is 1.95 bits per heavy atom. The van der Waals surface area contributed by atoms with Gasteiger partial charge >= 0.3 is 5.97 Å². The molecule has 1 aromatic rings. The molecule has 5 heteroatoms. The lowest BCUT2D eigenvalue weighted by Crippen LogP contribution is -2.35. The average Bonchev–Trinajstić information content (AvgIpc) is 2.37. The molecule has 1 N–H and O–H groups in total. The van der Waals surface area contributed by atoms with Crippen molar-refractivity contribution in [3.05, 3.63) is 29.8 Å². The van der Waals surface area contributed by atoms with Gasteiger partial charge in [0.25, 0.3) is 0 Å². The molecule has 0 aliphatic heterocycles. The number of esters is 1. The number of hydrogen-bond donors (Lipinski definition) is 1. The summed E-state index contributed by atoms with van der Waals surface area (Å²) < 4.78 is 4.55. The number of rotatable bonds is 6. The lowest BCUT2D eigenvalue weighted by molar-refractivity contribution is -0.141. The van der Waals surface area contributed by atoms with Gasteiger partial charge in [-0.15, -0.1) is 11.8 Å².